The van der Waals surface area contributed by atoms with Gasteiger partial charge in [0.05, 0.1) is 18.2 Å². The van der Waals surface area contributed by atoms with Crippen molar-refractivity contribution in [3.8, 4) is 0 Å². The highest BCUT2D eigenvalue weighted by Crippen LogP contribution is 2.22. The average molecular weight is 298 g/mol. The van der Waals surface area contributed by atoms with Crippen LogP contribution in [0.4, 0.5) is 10.1 Å². The van der Waals surface area contributed by atoms with E-state index in [9.17, 15) is 14.0 Å². The molecule has 1 N–H and O–H groups in total. The number of hydrogen-bond acceptors (Lipinski definition) is 3. The van der Waals surface area contributed by atoms with Crippen LogP contribution in [0.2, 0.25) is 0 Å². The highest BCUT2D eigenvalue weighted by atomic mass is 19.1. The molecule has 1 fully saturated rings. The summed E-state index contributed by atoms with van der Waals surface area (Å²) in [5.74, 6) is -0.766. The Morgan fingerprint density at radius 3 is 2.41 bits per heavy atom. The Balaban J connectivity index is 1.68. The second-order valence-electron chi connectivity index (χ2n) is 5.17. The fourth-order valence-corrected chi connectivity index (χ4v) is 2.48. The molecule has 2 amide bonds. The summed E-state index contributed by atoms with van der Waals surface area (Å²) in [6.07, 6.45) is 0.134. The van der Waals surface area contributed by atoms with E-state index in [1.165, 1.54) is 17.0 Å². The van der Waals surface area contributed by atoms with Crippen LogP contribution in [-0.2, 0) is 16.1 Å². The number of carbonyl (C=O) groups is 2. The van der Waals surface area contributed by atoms with Gasteiger partial charge < -0.3 is 5.32 Å². The molecule has 0 aliphatic carbocycles. The van der Waals surface area contributed by atoms with Gasteiger partial charge in [-0.25, -0.2) is 9.29 Å². The first-order valence-corrected chi connectivity index (χ1v) is 7.05. The Morgan fingerprint density at radius 1 is 1.05 bits per heavy atom. The molecule has 1 aliphatic rings. The average Bonchev–Trinajstić information content (AvgIpc) is 2.82. The van der Waals surface area contributed by atoms with Gasteiger partial charge in [0, 0.05) is 6.54 Å². The Kier molecular flexibility index (Phi) is 3.98. The number of carbonyl (C=O) groups excluding carboxylic acids is 2. The normalized spacial score (nSPS) is 18.0. The summed E-state index contributed by atoms with van der Waals surface area (Å²) in [5.41, 5.74) is 1.45. The number of hydrogen-bond donors (Lipinski definition) is 1. The third kappa shape index (κ3) is 2.89. The lowest BCUT2D eigenvalue weighted by Crippen LogP contribution is -2.38. The molecule has 0 unspecified atom stereocenters. The van der Waals surface area contributed by atoms with Gasteiger partial charge in [-0.15, -0.1) is 0 Å². The highest BCUT2D eigenvalue weighted by molar-refractivity contribution is 6.22. The number of nitrogens with one attached hydrogen (secondary N) is 1. The van der Waals surface area contributed by atoms with E-state index in [2.05, 4.69) is 5.32 Å². The molecule has 3 rings (SSSR count). The van der Waals surface area contributed by atoms with Crippen molar-refractivity contribution in [2.24, 2.45) is 0 Å². The summed E-state index contributed by atoms with van der Waals surface area (Å²) in [7, 11) is 0. The van der Waals surface area contributed by atoms with Crippen molar-refractivity contribution >= 4 is 17.5 Å². The maximum atomic E-state index is 12.9. The third-order valence-electron chi connectivity index (χ3n) is 3.63. The van der Waals surface area contributed by atoms with E-state index in [-0.39, 0.29) is 24.1 Å². The van der Waals surface area contributed by atoms with Gasteiger partial charge in [-0.1, -0.05) is 30.3 Å². The molecule has 112 valence electrons. The molecule has 1 saturated heterocycles. The van der Waals surface area contributed by atoms with E-state index < -0.39 is 6.04 Å². The smallest absolute Gasteiger partial charge is 0.251 e. The number of nitrogens with zero attached hydrogens (tertiary/aromatic N) is 1. The monoisotopic (exact) mass is 298 g/mol. The van der Waals surface area contributed by atoms with E-state index in [1.807, 2.05) is 6.07 Å². The molecule has 0 radical (unpaired) electrons. The predicted molar refractivity (Wildman–Crippen MR) is 80.6 cm³/mol. The molecule has 2 aromatic carbocycles. The van der Waals surface area contributed by atoms with Crippen molar-refractivity contribution in [3.05, 3.63) is 66.0 Å². The maximum absolute atomic E-state index is 12.9. The van der Waals surface area contributed by atoms with Crippen LogP contribution in [0.1, 0.15) is 12.0 Å². The zero-order valence-electron chi connectivity index (χ0n) is 11.8. The molecule has 22 heavy (non-hydrogen) atoms. The predicted octanol–water partition coefficient (Wildman–Crippen LogP) is 2.25. The Hall–Kier alpha value is -2.53. The summed E-state index contributed by atoms with van der Waals surface area (Å²) < 4.78 is 12.9. The standard InChI is InChI=1S/C17H15FN2O2/c18-13-8-6-12(7-9-13)11-19-15-10-16(21)20(17(15)22)14-4-2-1-3-5-14/h1-9,15,19H,10-11H2/t15-/m1/s1. The zero-order chi connectivity index (χ0) is 15.5. The van der Waals surface area contributed by atoms with Gasteiger partial charge in [0.1, 0.15) is 5.82 Å². The minimum Gasteiger partial charge on any atom is -0.301 e. The van der Waals surface area contributed by atoms with Crippen LogP contribution >= 0.6 is 0 Å². The summed E-state index contributed by atoms with van der Waals surface area (Å²) in [6, 6.07) is 14.4. The second-order valence-corrected chi connectivity index (χ2v) is 5.17. The number of anilines is 1. The minimum atomic E-state index is -0.544. The topological polar surface area (TPSA) is 49.4 Å². The van der Waals surface area contributed by atoms with Crippen LogP contribution < -0.4 is 10.2 Å². The Morgan fingerprint density at radius 2 is 1.73 bits per heavy atom. The lowest BCUT2D eigenvalue weighted by atomic mass is 10.2. The van der Waals surface area contributed by atoms with Gasteiger partial charge in [-0.05, 0) is 29.8 Å². The van der Waals surface area contributed by atoms with Crippen molar-refractivity contribution in [1.29, 1.82) is 0 Å². The Bertz CT molecular complexity index is 686. The lowest BCUT2D eigenvalue weighted by Gasteiger charge is -2.15. The number of rotatable bonds is 4. The first kappa shape index (κ1) is 14.4. The Labute approximate surface area is 127 Å². The molecule has 0 saturated carbocycles. The molecule has 1 atom stereocenters. The van der Waals surface area contributed by atoms with Crippen LogP contribution in [-0.4, -0.2) is 17.9 Å². The van der Waals surface area contributed by atoms with Crippen LogP contribution in [0.25, 0.3) is 0 Å². The summed E-state index contributed by atoms with van der Waals surface area (Å²) >= 11 is 0. The summed E-state index contributed by atoms with van der Waals surface area (Å²) in [4.78, 5) is 25.7. The largest absolute Gasteiger partial charge is 0.301 e. The second kappa shape index (κ2) is 6.07. The van der Waals surface area contributed by atoms with Crippen LogP contribution in [0.3, 0.4) is 0 Å². The van der Waals surface area contributed by atoms with Gasteiger partial charge >= 0.3 is 0 Å². The molecule has 5 heteroatoms. The van der Waals surface area contributed by atoms with E-state index in [4.69, 9.17) is 0 Å². The fraction of sp³-hybridized carbons (Fsp3) is 0.176. The van der Waals surface area contributed by atoms with Gasteiger partial charge in [0.15, 0.2) is 0 Å². The van der Waals surface area contributed by atoms with Crippen molar-refractivity contribution in [1.82, 2.24) is 5.32 Å². The van der Waals surface area contributed by atoms with Crippen molar-refractivity contribution in [2.75, 3.05) is 4.90 Å². The van der Waals surface area contributed by atoms with Crippen LogP contribution in [0.5, 0.6) is 0 Å². The molecule has 0 aromatic heterocycles. The number of amides is 2. The molecule has 1 heterocycles. The number of para-hydroxylation sites is 1. The first-order valence-electron chi connectivity index (χ1n) is 7.05. The van der Waals surface area contributed by atoms with Crippen LogP contribution in [0.15, 0.2) is 54.6 Å². The molecule has 0 bridgehead atoms. The van der Waals surface area contributed by atoms with Gasteiger partial charge in [-0.3, -0.25) is 9.59 Å². The lowest BCUT2D eigenvalue weighted by molar-refractivity contribution is -0.121. The zero-order valence-corrected chi connectivity index (χ0v) is 11.8. The number of imide groups is 1. The minimum absolute atomic E-state index is 0.134. The molecular formula is C17H15FN2O2. The van der Waals surface area contributed by atoms with E-state index in [0.717, 1.165) is 5.56 Å². The molecule has 2 aromatic rings. The van der Waals surface area contributed by atoms with E-state index in [0.29, 0.717) is 12.2 Å². The van der Waals surface area contributed by atoms with Gasteiger partial charge in [-0.2, -0.15) is 0 Å². The van der Waals surface area contributed by atoms with Crippen LogP contribution in [0, 0.1) is 5.82 Å². The summed E-state index contributed by atoms with van der Waals surface area (Å²) in [5, 5.41) is 3.06. The van der Waals surface area contributed by atoms with Crippen molar-refractivity contribution in [3.63, 3.8) is 0 Å². The highest BCUT2D eigenvalue weighted by Gasteiger charge is 2.39. The van der Waals surface area contributed by atoms with Gasteiger partial charge in [0.25, 0.3) is 5.91 Å². The van der Waals surface area contributed by atoms with E-state index in [1.54, 1.807) is 36.4 Å². The maximum Gasteiger partial charge on any atom is 0.251 e. The van der Waals surface area contributed by atoms with Gasteiger partial charge in [0.2, 0.25) is 5.91 Å². The first-order chi connectivity index (χ1) is 10.6. The molecule has 4 nitrogen and oxygen atoms in total. The van der Waals surface area contributed by atoms with Crippen molar-refractivity contribution < 1.29 is 14.0 Å². The summed E-state index contributed by atoms with van der Waals surface area (Å²) in [6.45, 7) is 0.409. The molecule has 0 spiro atoms. The third-order valence-corrected chi connectivity index (χ3v) is 3.63. The number of halogens is 1. The molecular weight excluding hydrogens is 283 g/mol. The van der Waals surface area contributed by atoms with E-state index >= 15 is 0 Å². The molecule has 1 aliphatic heterocycles. The SMILES string of the molecule is O=C1C[C@@H](NCc2ccc(F)cc2)C(=O)N1c1ccccc1. The fourth-order valence-electron chi connectivity index (χ4n) is 2.48. The number of benzene rings is 2. The van der Waals surface area contributed by atoms with Crippen molar-refractivity contribution in [2.45, 2.75) is 19.0 Å². The quantitative estimate of drug-likeness (QED) is 0.881.